The van der Waals surface area contributed by atoms with Gasteiger partial charge < -0.3 is 15.2 Å². The van der Waals surface area contributed by atoms with Gasteiger partial charge in [0.05, 0.1) is 4.92 Å². The summed E-state index contributed by atoms with van der Waals surface area (Å²) in [7, 11) is -3.99. The van der Waals surface area contributed by atoms with Gasteiger partial charge in [0.1, 0.15) is 22.1 Å². The summed E-state index contributed by atoms with van der Waals surface area (Å²) in [6, 6.07) is 7.94. The molecule has 0 aromatic heterocycles. The molecule has 1 fully saturated rings. The average molecular weight is 393 g/mol. The molecule has 27 heavy (non-hydrogen) atoms. The molecule has 0 aliphatic carbocycles. The minimum atomic E-state index is -3.99. The van der Waals surface area contributed by atoms with E-state index in [0.29, 0.717) is 13.1 Å². The zero-order valence-electron chi connectivity index (χ0n) is 14.6. The number of hydrogen-bond donors (Lipinski definition) is 2. The Morgan fingerprint density at radius 3 is 2.52 bits per heavy atom. The number of hydrogen-bond acceptors (Lipinski definition) is 7. The van der Waals surface area contributed by atoms with Gasteiger partial charge in [0, 0.05) is 44.4 Å². The largest absolute Gasteiger partial charge is 0.508 e. The first-order chi connectivity index (χ1) is 12.8. The summed E-state index contributed by atoms with van der Waals surface area (Å²) in [5, 5.41) is 23.9. The predicted octanol–water partition coefficient (Wildman–Crippen LogP) is 2.00. The number of aromatic hydroxyl groups is 1. The molecule has 3 rings (SSSR count). The maximum absolute atomic E-state index is 13.1. The number of nitro groups is 1. The fourth-order valence-corrected chi connectivity index (χ4v) is 4.41. The topological polar surface area (TPSA) is 122 Å². The van der Waals surface area contributed by atoms with Crippen molar-refractivity contribution in [3.8, 4) is 17.2 Å². The lowest BCUT2D eigenvalue weighted by atomic mass is 10.2. The lowest BCUT2D eigenvalue weighted by Gasteiger charge is -2.27. The second kappa shape index (κ2) is 7.51. The van der Waals surface area contributed by atoms with Crippen LogP contribution < -0.4 is 10.1 Å². The summed E-state index contributed by atoms with van der Waals surface area (Å²) in [6.07, 6.45) is 0. The molecule has 1 heterocycles. The van der Waals surface area contributed by atoms with Gasteiger partial charge in [0.15, 0.2) is 0 Å². The highest BCUT2D eigenvalue weighted by Gasteiger charge is 2.31. The summed E-state index contributed by atoms with van der Waals surface area (Å²) in [4.78, 5) is 10.2. The van der Waals surface area contributed by atoms with E-state index in [1.807, 2.05) is 0 Å². The Hall–Kier alpha value is -2.69. The molecule has 0 unspecified atom stereocenters. The summed E-state index contributed by atoms with van der Waals surface area (Å²) < 4.78 is 33.1. The number of nitrogens with zero attached hydrogens (tertiary/aromatic N) is 2. The number of nitrogens with one attached hydrogen (secondary N) is 1. The van der Waals surface area contributed by atoms with Crippen molar-refractivity contribution in [1.29, 1.82) is 0 Å². The molecule has 0 amide bonds. The number of phenols is 1. The van der Waals surface area contributed by atoms with Crippen LogP contribution in [-0.4, -0.2) is 48.9 Å². The molecular weight excluding hydrogens is 374 g/mol. The first-order valence-corrected chi connectivity index (χ1v) is 9.69. The highest BCUT2D eigenvalue weighted by Crippen LogP contribution is 2.35. The van der Waals surface area contributed by atoms with E-state index < -0.39 is 14.9 Å². The van der Waals surface area contributed by atoms with Crippen LogP contribution in [0, 0.1) is 17.0 Å². The van der Waals surface area contributed by atoms with Gasteiger partial charge in [-0.3, -0.25) is 10.1 Å². The van der Waals surface area contributed by atoms with Crippen molar-refractivity contribution in [1.82, 2.24) is 9.62 Å². The maximum atomic E-state index is 13.1. The summed E-state index contributed by atoms with van der Waals surface area (Å²) in [5.41, 5.74) is 0.376. The number of sulfonamides is 1. The van der Waals surface area contributed by atoms with Crippen LogP contribution in [0.3, 0.4) is 0 Å². The number of ether oxygens (including phenoxy) is 1. The number of aryl methyl sites for hydroxylation is 1. The molecule has 0 atom stereocenters. The van der Waals surface area contributed by atoms with Crippen LogP contribution >= 0.6 is 0 Å². The molecule has 0 radical (unpaired) electrons. The Bertz CT molecular complexity index is 950. The minimum Gasteiger partial charge on any atom is -0.508 e. The van der Waals surface area contributed by atoms with Crippen molar-refractivity contribution in [2.75, 3.05) is 26.2 Å². The lowest BCUT2D eigenvalue weighted by Crippen LogP contribution is -2.46. The van der Waals surface area contributed by atoms with E-state index in [1.54, 1.807) is 13.0 Å². The second-order valence-electron chi connectivity index (χ2n) is 6.15. The fraction of sp³-hybridized carbons (Fsp3) is 0.294. The maximum Gasteiger partial charge on any atom is 0.271 e. The molecule has 2 N–H and O–H groups in total. The van der Waals surface area contributed by atoms with Crippen molar-refractivity contribution < 1.29 is 23.2 Å². The Balaban J connectivity index is 2.06. The molecule has 0 spiro atoms. The minimum absolute atomic E-state index is 0.0292. The lowest BCUT2D eigenvalue weighted by molar-refractivity contribution is -0.385. The van der Waals surface area contributed by atoms with Gasteiger partial charge in [-0.15, -0.1) is 0 Å². The molecule has 9 nitrogen and oxygen atoms in total. The molecule has 0 bridgehead atoms. The third-order valence-electron chi connectivity index (χ3n) is 4.10. The van der Waals surface area contributed by atoms with Gasteiger partial charge in [-0.05, 0) is 30.7 Å². The Labute approximate surface area is 156 Å². The standard InChI is InChI=1S/C17H19N3O6S/c1-12-8-14(21)11-15(9-12)26-16-3-2-13(20(22)23)10-17(16)27(24,25)19-6-4-18-5-7-19/h2-3,8-11,18,21H,4-7H2,1H3. The zero-order valence-corrected chi connectivity index (χ0v) is 15.4. The van der Waals surface area contributed by atoms with Crippen LogP contribution in [0.4, 0.5) is 5.69 Å². The van der Waals surface area contributed by atoms with E-state index in [4.69, 9.17) is 4.74 Å². The second-order valence-corrected chi connectivity index (χ2v) is 8.05. The number of piperazine rings is 1. The molecule has 144 valence electrons. The Morgan fingerprint density at radius 1 is 1.19 bits per heavy atom. The average Bonchev–Trinajstić information content (AvgIpc) is 2.61. The van der Waals surface area contributed by atoms with E-state index in [2.05, 4.69) is 5.32 Å². The molecule has 10 heteroatoms. The van der Waals surface area contributed by atoms with E-state index in [0.717, 1.165) is 11.6 Å². The molecule has 1 aliphatic heterocycles. The van der Waals surface area contributed by atoms with Crippen LogP contribution in [0.2, 0.25) is 0 Å². The quantitative estimate of drug-likeness (QED) is 0.588. The van der Waals surface area contributed by atoms with E-state index in [-0.39, 0.29) is 40.9 Å². The number of benzene rings is 2. The van der Waals surface area contributed by atoms with Crippen LogP contribution in [0.25, 0.3) is 0 Å². The predicted molar refractivity (Wildman–Crippen MR) is 97.6 cm³/mol. The zero-order chi connectivity index (χ0) is 19.6. The summed E-state index contributed by atoms with van der Waals surface area (Å²) in [6.45, 7) is 3.26. The van der Waals surface area contributed by atoms with E-state index >= 15 is 0 Å². The van der Waals surface area contributed by atoms with Gasteiger partial charge >= 0.3 is 0 Å². The molecule has 2 aromatic rings. The third kappa shape index (κ3) is 4.18. The summed E-state index contributed by atoms with van der Waals surface area (Å²) >= 11 is 0. The fourth-order valence-electron chi connectivity index (χ4n) is 2.83. The first-order valence-electron chi connectivity index (χ1n) is 8.25. The summed E-state index contributed by atoms with van der Waals surface area (Å²) in [5.74, 6) is 0.167. The first kappa shape index (κ1) is 19.1. The third-order valence-corrected chi connectivity index (χ3v) is 6.02. The van der Waals surface area contributed by atoms with Crippen molar-refractivity contribution in [3.63, 3.8) is 0 Å². The van der Waals surface area contributed by atoms with Crippen molar-refractivity contribution in [2.45, 2.75) is 11.8 Å². The number of nitro benzene ring substituents is 1. The normalized spacial score (nSPS) is 15.4. The Kier molecular flexibility index (Phi) is 5.31. The van der Waals surface area contributed by atoms with Gasteiger partial charge in [-0.2, -0.15) is 4.31 Å². The highest BCUT2D eigenvalue weighted by atomic mass is 32.2. The molecule has 0 saturated carbocycles. The van der Waals surface area contributed by atoms with Gasteiger partial charge in [-0.25, -0.2) is 8.42 Å². The smallest absolute Gasteiger partial charge is 0.271 e. The SMILES string of the molecule is Cc1cc(O)cc(Oc2ccc([N+](=O)[O-])cc2S(=O)(=O)N2CCNCC2)c1. The van der Waals surface area contributed by atoms with Crippen LogP contribution in [0.15, 0.2) is 41.3 Å². The molecular formula is C17H19N3O6S. The van der Waals surface area contributed by atoms with E-state index in [9.17, 15) is 23.6 Å². The van der Waals surface area contributed by atoms with Crippen LogP contribution in [-0.2, 0) is 10.0 Å². The molecule has 2 aromatic carbocycles. The number of phenolic OH excluding ortho intramolecular Hbond substituents is 1. The van der Waals surface area contributed by atoms with Crippen molar-refractivity contribution in [2.24, 2.45) is 0 Å². The van der Waals surface area contributed by atoms with Crippen LogP contribution in [0.1, 0.15) is 5.56 Å². The van der Waals surface area contributed by atoms with Crippen LogP contribution in [0.5, 0.6) is 17.2 Å². The van der Waals surface area contributed by atoms with Crippen molar-refractivity contribution >= 4 is 15.7 Å². The monoisotopic (exact) mass is 393 g/mol. The van der Waals surface area contributed by atoms with Gasteiger partial charge in [-0.1, -0.05) is 0 Å². The number of non-ortho nitro benzene ring substituents is 1. The molecule has 1 aliphatic rings. The molecule has 1 saturated heterocycles. The van der Waals surface area contributed by atoms with Gasteiger partial charge in [0.2, 0.25) is 10.0 Å². The van der Waals surface area contributed by atoms with E-state index in [1.165, 1.54) is 28.6 Å². The Morgan fingerprint density at radius 2 is 1.89 bits per heavy atom. The van der Waals surface area contributed by atoms with Gasteiger partial charge in [0.25, 0.3) is 5.69 Å². The number of rotatable bonds is 5. The van der Waals surface area contributed by atoms with Crippen molar-refractivity contribution in [3.05, 3.63) is 52.1 Å². The highest BCUT2D eigenvalue weighted by molar-refractivity contribution is 7.89.